The van der Waals surface area contributed by atoms with Crippen molar-refractivity contribution < 1.29 is 0 Å². The van der Waals surface area contributed by atoms with Gasteiger partial charge in [0.05, 0.1) is 18.1 Å². The molecule has 90 valence electrons. The molecule has 2 heterocycles. The Labute approximate surface area is 100 Å². The lowest BCUT2D eigenvalue weighted by molar-refractivity contribution is 1.09. The Morgan fingerprint density at radius 2 is 1.88 bits per heavy atom. The van der Waals surface area contributed by atoms with Crippen molar-refractivity contribution in [2.24, 2.45) is 10.7 Å². The van der Waals surface area contributed by atoms with Crippen LogP contribution in [0.4, 0.5) is 0 Å². The molecule has 6 nitrogen and oxygen atoms in total. The number of aliphatic imine (C=N–C) groups is 1. The molecule has 6 heteroatoms. The summed E-state index contributed by atoms with van der Waals surface area (Å²) in [6, 6.07) is 0. The maximum atomic E-state index is 5.59. The van der Waals surface area contributed by atoms with Gasteiger partial charge in [0.25, 0.3) is 0 Å². The van der Waals surface area contributed by atoms with E-state index in [1.165, 1.54) is 0 Å². The van der Waals surface area contributed by atoms with E-state index in [4.69, 9.17) is 5.73 Å². The van der Waals surface area contributed by atoms with Gasteiger partial charge in [-0.1, -0.05) is 13.8 Å². The number of aromatic nitrogens is 4. The Balaban J connectivity index is 0.000000686. The first kappa shape index (κ1) is 13.0. The standard InChI is InChI=1S/C9H10N6.C2H6/c1-5-3-12-8-6(14-5)4-13-9(15-8)7(10)11-2;1-2/h3-4H,1-2H3,(H2,10,11);1-2H3. The lowest BCUT2D eigenvalue weighted by Crippen LogP contribution is -2.17. The molecule has 17 heavy (non-hydrogen) atoms. The molecule has 2 aromatic heterocycles. The minimum atomic E-state index is 0.291. The molecule has 0 saturated carbocycles. The molecule has 0 aliphatic rings. The van der Waals surface area contributed by atoms with E-state index in [1.54, 1.807) is 19.4 Å². The maximum Gasteiger partial charge on any atom is 0.196 e. The predicted molar refractivity (Wildman–Crippen MR) is 67.9 cm³/mol. The molecule has 2 N–H and O–H groups in total. The van der Waals surface area contributed by atoms with E-state index >= 15 is 0 Å². The van der Waals surface area contributed by atoms with Crippen molar-refractivity contribution in [3.8, 4) is 0 Å². The van der Waals surface area contributed by atoms with Crippen LogP contribution in [0.1, 0.15) is 25.4 Å². The van der Waals surface area contributed by atoms with E-state index < -0.39 is 0 Å². The number of hydrogen-bond acceptors (Lipinski definition) is 5. The fourth-order valence-electron chi connectivity index (χ4n) is 1.14. The first-order valence-electron chi connectivity index (χ1n) is 5.39. The number of amidine groups is 1. The molecule has 0 bridgehead atoms. The first-order valence-corrected chi connectivity index (χ1v) is 5.39. The number of nitrogens with two attached hydrogens (primary N) is 1. The smallest absolute Gasteiger partial charge is 0.196 e. The van der Waals surface area contributed by atoms with Gasteiger partial charge in [-0.05, 0) is 6.92 Å². The molecule has 2 rings (SSSR count). The predicted octanol–water partition coefficient (Wildman–Crippen LogP) is 1.09. The van der Waals surface area contributed by atoms with Gasteiger partial charge in [-0.3, -0.25) is 4.99 Å². The van der Waals surface area contributed by atoms with Gasteiger partial charge < -0.3 is 5.73 Å². The Kier molecular flexibility index (Phi) is 4.45. The van der Waals surface area contributed by atoms with Gasteiger partial charge in [0, 0.05) is 7.05 Å². The molecular formula is C11H16N6. The van der Waals surface area contributed by atoms with Gasteiger partial charge in [-0.25, -0.2) is 19.9 Å². The van der Waals surface area contributed by atoms with Gasteiger partial charge >= 0.3 is 0 Å². The molecule has 0 amide bonds. The van der Waals surface area contributed by atoms with Crippen LogP contribution in [0.2, 0.25) is 0 Å². The highest BCUT2D eigenvalue weighted by Gasteiger charge is 2.04. The zero-order chi connectivity index (χ0) is 12.8. The topological polar surface area (TPSA) is 89.9 Å². The third kappa shape index (κ3) is 2.93. The summed E-state index contributed by atoms with van der Waals surface area (Å²) in [6.45, 7) is 5.86. The third-order valence-electron chi connectivity index (χ3n) is 1.89. The lowest BCUT2D eigenvalue weighted by Gasteiger charge is -2.00. The Morgan fingerprint density at radius 3 is 2.53 bits per heavy atom. The van der Waals surface area contributed by atoms with Crippen LogP contribution >= 0.6 is 0 Å². The average molecular weight is 232 g/mol. The van der Waals surface area contributed by atoms with Crippen LogP contribution in [0.15, 0.2) is 17.4 Å². The molecule has 0 unspecified atom stereocenters. The number of rotatable bonds is 1. The number of aryl methyl sites for hydroxylation is 1. The van der Waals surface area contributed by atoms with E-state index in [0.717, 1.165) is 5.69 Å². The summed E-state index contributed by atoms with van der Waals surface area (Å²) in [5.41, 5.74) is 7.60. The van der Waals surface area contributed by atoms with Crippen LogP contribution in [0, 0.1) is 6.92 Å². The summed E-state index contributed by atoms with van der Waals surface area (Å²) < 4.78 is 0. The van der Waals surface area contributed by atoms with Gasteiger partial charge in [0.1, 0.15) is 5.52 Å². The lowest BCUT2D eigenvalue weighted by atomic mass is 10.4. The monoisotopic (exact) mass is 232 g/mol. The van der Waals surface area contributed by atoms with Crippen LogP contribution in [-0.2, 0) is 0 Å². The highest BCUT2D eigenvalue weighted by Crippen LogP contribution is 2.05. The molecule has 0 aliphatic carbocycles. The van der Waals surface area contributed by atoms with Crippen molar-refractivity contribution in [1.82, 2.24) is 19.9 Å². The zero-order valence-electron chi connectivity index (χ0n) is 10.5. The Bertz CT molecular complexity index is 534. The minimum Gasteiger partial charge on any atom is -0.381 e. The van der Waals surface area contributed by atoms with Gasteiger partial charge in [-0.15, -0.1) is 0 Å². The second-order valence-corrected chi connectivity index (χ2v) is 3.02. The molecule has 2 aromatic rings. The number of nitrogens with zero attached hydrogens (tertiary/aromatic N) is 5. The third-order valence-corrected chi connectivity index (χ3v) is 1.89. The van der Waals surface area contributed by atoms with Gasteiger partial charge in [-0.2, -0.15) is 0 Å². The SMILES string of the molecule is CC.CN=C(N)c1ncc2nc(C)cnc2n1. The van der Waals surface area contributed by atoms with E-state index in [-0.39, 0.29) is 0 Å². The number of hydrogen-bond donors (Lipinski definition) is 1. The normalized spacial score (nSPS) is 10.9. The molecule has 0 aromatic carbocycles. The largest absolute Gasteiger partial charge is 0.381 e. The average Bonchev–Trinajstić information content (AvgIpc) is 2.39. The highest BCUT2D eigenvalue weighted by molar-refractivity contribution is 5.94. The second kappa shape index (κ2) is 5.83. The molecular weight excluding hydrogens is 216 g/mol. The highest BCUT2D eigenvalue weighted by atomic mass is 15.0. The molecule has 0 spiro atoms. The van der Waals surface area contributed by atoms with Crippen molar-refractivity contribution in [2.45, 2.75) is 20.8 Å². The molecule has 0 fully saturated rings. The van der Waals surface area contributed by atoms with Crippen LogP contribution in [0.25, 0.3) is 11.2 Å². The van der Waals surface area contributed by atoms with E-state index in [9.17, 15) is 0 Å². The molecule has 0 radical (unpaired) electrons. The summed E-state index contributed by atoms with van der Waals surface area (Å²) in [5, 5.41) is 0. The first-order chi connectivity index (χ1) is 8.20. The van der Waals surface area contributed by atoms with Gasteiger partial charge in [0.2, 0.25) is 0 Å². The van der Waals surface area contributed by atoms with E-state index in [0.29, 0.717) is 22.8 Å². The van der Waals surface area contributed by atoms with Gasteiger partial charge in [0.15, 0.2) is 17.3 Å². The Morgan fingerprint density at radius 1 is 1.18 bits per heavy atom. The van der Waals surface area contributed by atoms with Crippen molar-refractivity contribution in [2.75, 3.05) is 7.05 Å². The summed E-state index contributed by atoms with van der Waals surface area (Å²) in [6.07, 6.45) is 3.24. The van der Waals surface area contributed by atoms with E-state index in [1.807, 2.05) is 20.8 Å². The van der Waals surface area contributed by atoms with Crippen LogP contribution in [0.3, 0.4) is 0 Å². The van der Waals surface area contributed by atoms with Crippen LogP contribution in [0.5, 0.6) is 0 Å². The molecule has 0 saturated heterocycles. The summed E-state index contributed by atoms with van der Waals surface area (Å²) in [5.74, 6) is 0.669. The maximum absolute atomic E-state index is 5.59. The molecule has 0 aliphatic heterocycles. The second-order valence-electron chi connectivity index (χ2n) is 3.02. The summed E-state index contributed by atoms with van der Waals surface area (Å²) >= 11 is 0. The fourth-order valence-corrected chi connectivity index (χ4v) is 1.14. The van der Waals surface area contributed by atoms with Crippen LogP contribution < -0.4 is 5.73 Å². The molecule has 0 atom stereocenters. The van der Waals surface area contributed by atoms with Crippen molar-refractivity contribution in [1.29, 1.82) is 0 Å². The quantitative estimate of drug-likeness (QED) is 0.587. The minimum absolute atomic E-state index is 0.291. The van der Waals surface area contributed by atoms with Crippen LogP contribution in [-0.4, -0.2) is 32.8 Å². The van der Waals surface area contributed by atoms with Crippen molar-refractivity contribution >= 4 is 17.0 Å². The summed E-state index contributed by atoms with van der Waals surface area (Å²) in [4.78, 5) is 20.4. The van der Waals surface area contributed by atoms with E-state index in [2.05, 4.69) is 24.9 Å². The number of fused-ring (bicyclic) bond motifs is 1. The van der Waals surface area contributed by atoms with Crippen molar-refractivity contribution in [3.05, 3.63) is 23.9 Å². The zero-order valence-corrected chi connectivity index (χ0v) is 10.5. The Hall–Kier alpha value is -2.11. The van der Waals surface area contributed by atoms with Crippen molar-refractivity contribution in [3.63, 3.8) is 0 Å². The fraction of sp³-hybridized carbons (Fsp3) is 0.364. The summed E-state index contributed by atoms with van der Waals surface area (Å²) in [7, 11) is 1.59.